The number of nitrogens with zero attached hydrogens (tertiary/aromatic N) is 2. The van der Waals surface area contributed by atoms with E-state index in [2.05, 4.69) is 9.88 Å². The van der Waals surface area contributed by atoms with E-state index in [9.17, 15) is 9.18 Å². The third kappa shape index (κ3) is 2.82. The minimum atomic E-state index is -0.306. The Bertz CT molecular complexity index is 674. The number of amides is 1. The zero-order chi connectivity index (χ0) is 14.8. The molecule has 5 heteroatoms. The van der Waals surface area contributed by atoms with Crippen LogP contribution >= 0.6 is 0 Å². The van der Waals surface area contributed by atoms with Crippen molar-refractivity contribution in [3.05, 3.63) is 36.3 Å². The number of primary amides is 1. The molecule has 2 N–H and O–H groups in total. The Morgan fingerprint density at radius 2 is 2.29 bits per heavy atom. The van der Waals surface area contributed by atoms with E-state index in [1.807, 2.05) is 12.1 Å². The highest BCUT2D eigenvalue weighted by atomic mass is 19.1. The van der Waals surface area contributed by atoms with Gasteiger partial charge in [0.15, 0.2) is 0 Å². The number of benzene rings is 1. The fourth-order valence-electron chi connectivity index (χ4n) is 3.14. The first kappa shape index (κ1) is 13.8. The number of hydrogen-bond acceptors (Lipinski definition) is 3. The van der Waals surface area contributed by atoms with Gasteiger partial charge in [-0.05, 0) is 30.9 Å². The predicted molar refractivity (Wildman–Crippen MR) is 80.4 cm³/mol. The largest absolute Gasteiger partial charge is 0.371 e. The zero-order valence-electron chi connectivity index (χ0n) is 11.8. The Morgan fingerprint density at radius 3 is 3.10 bits per heavy atom. The van der Waals surface area contributed by atoms with Crippen molar-refractivity contribution in [3.63, 3.8) is 0 Å². The number of pyridine rings is 1. The van der Waals surface area contributed by atoms with Crippen LogP contribution in [0.5, 0.6) is 0 Å². The number of carbonyl (C=O) groups excluding carboxylic acids is 1. The van der Waals surface area contributed by atoms with Crippen molar-refractivity contribution in [2.24, 2.45) is 11.7 Å². The molecule has 1 saturated heterocycles. The Morgan fingerprint density at radius 1 is 1.43 bits per heavy atom. The first-order chi connectivity index (χ1) is 10.1. The lowest BCUT2D eigenvalue weighted by Crippen LogP contribution is -2.37. The molecule has 0 unspecified atom stereocenters. The highest BCUT2D eigenvalue weighted by Gasteiger charge is 2.23. The molecule has 1 aromatic carbocycles. The lowest BCUT2D eigenvalue weighted by Gasteiger charge is -2.34. The molecule has 0 spiro atoms. The average Bonchev–Trinajstić information content (AvgIpc) is 2.47. The molecule has 3 rings (SSSR count). The van der Waals surface area contributed by atoms with E-state index in [0.717, 1.165) is 37.0 Å². The second kappa shape index (κ2) is 5.68. The summed E-state index contributed by atoms with van der Waals surface area (Å²) in [6, 6.07) is 6.92. The first-order valence-corrected chi connectivity index (χ1v) is 7.21. The lowest BCUT2D eigenvalue weighted by molar-refractivity contribution is -0.118. The minimum absolute atomic E-state index is 0.257. The van der Waals surface area contributed by atoms with Crippen LogP contribution in [0.25, 0.3) is 10.9 Å². The van der Waals surface area contributed by atoms with Gasteiger partial charge in [-0.3, -0.25) is 9.78 Å². The molecular weight excluding hydrogens is 269 g/mol. The van der Waals surface area contributed by atoms with E-state index < -0.39 is 0 Å². The highest BCUT2D eigenvalue weighted by Crippen LogP contribution is 2.30. The summed E-state index contributed by atoms with van der Waals surface area (Å²) in [5.74, 6) is -0.291. The molecule has 2 aromatic rings. The number of hydrogen-bond donors (Lipinski definition) is 1. The maximum Gasteiger partial charge on any atom is 0.217 e. The SMILES string of the molecule is NC(=O)C[C@H]1CCCN(c2ccnc3c(F)cccc23)C1. The van der Waals surface area contributed by atoms with Gasteiger partial charge in [-0.25, -0.2) is 4.39 Å². The van der Waals surface area contributed by atoms with Crippen molar-refractivity contribution in [1.82, 2.24) is 4.98 Å². The molecule has 1 aliphatic rings. The van der Waals surface area contributed by atoms with Gasteiger partial charge in [0.2, 0.25) is 5.91 Å². The van der Waals surface area contributed by atoms with Crippen LogP contribution in [0.3, 0.4) is 0 Å². The minimum Gasteiger partial charge on any atom is -0.371 e. The van der Waals surface area contributed by atoms with E-state index in [0.29, 0.717) is 11.9 Å². The number of halogens is 1. The fraction of sp³-hybridized carbons (Fsp3) is 0.375. The second-order valence-electron chi connectivity index (χ2n) is 5.59. The monoisotopic (exact) mass is 287 g/mol. The van der Waals surface area contributed by atoms with Crippen molar-refractivity contribution in [2.75, 3.05) is 18.0 Å². The van der Waals surface area contributed by atoms with Crippen LogP contribution in [-0.4, -0.2) is 24.0 Å². The summed E-state index contributed by atoms with van der Waals surface area (Å²) in [6.07, 6.45) is 4.07. The first-order valence-electron chi connectivity index (χ1n) is 7.21. The number of piperidine rings is 1. The van der Waals surface area contributed by atoms with Crippen LogP contribution in [0, 0.1) is 11.7 Å². The van der Waals surface area contributed by atoms with E-state index in [4.69, 9.17) is 5.73 Å². The number of rotatable bonds is 3. The number of fused-ring (bicyclic) bond motifs is 1. The molecule has 1 atom stereocenters. The maximum atomic E-state index is 13.8. The third-order valence-corrected chi connectivity index (χ3v) is 4.05. The molecule has 21 heavy (non-hydrogen) atoms. The Hall–Kier alpha value is -2.17. The van der Waals surface area contributed by atoms with Gasteiger partial charge in [-0.1, -0.05) is 12.1 Å². The van der Waals surface area contributed by atoms with Gasteiger partial charge in [-0.15, -0.1) is 0 Å². The van der Waals surface area contributed by atoms with Crippen LogP contribution < -0.4 is 10.6 Å². The van der Waals surface area contributed by atoms with Crippen molar-refractivity contribution in [3.8, 4) is 0 Å². The number of anilines is 1. The summed E-state index contributed by atoms with van der Waals surface area (Å²) in [5, 5.41) is 0.817. The van der Waals surface area contributed by atoms with E-state index in [1.54, 1.807) is 12.3 Å². The highest BCUT2D eigenvalue weighted by molar-refractivity contribution is 5.91. The van der Waals surface area contributed by atoms with Gasteiger partial charge in [-0.2, -0.15) is 0 Å². The van der Waals surface area contributed by atoms with Crippen LogP contribution in [0.4, 0.5) is 10.1 Å². The van der Waals surface area contributed by atoms with Gasteiger partial charge in [0, 0.05) is 36.8 Å². The summed E-state index contributed by atoms with van der Waals surface area (Å²) in [4.78, 5) is 17.4. The molecule has 1 aromatic heterocycles. The van der Waals surface area contributed by atoms with E-state index >= 15 is 0 Å². The van der Waals surface area contributed by atoms with Gasteiger partial charge in [0.05, 0.1) is 0 Å². The van der Waals surface area contributed by atoms with E-state index in [1.165, 1.54) is 6.07 Å². The normalized spacial score (nSPS) is 18.9. The summed E-state index contributed by atoms with van der Waals surface area (Å²) in [7, 11) is 0. The zero-order valence-corrected chi connectivity index (χ0v) is 11.8. The number of nitrogens with two attached hydrogens (primary N) is 1. The second-order valence-corrected chi connectivity index (χ2v) is 5.59. The standard InChI is InChI=1S/C16H18FN3O/c17-13-5-1-4-12-14(6-7-19-16(12)13)20-8-2-3-11(10-20)9-15(18)21/h1,4-7,11H,2-3,8-10H2,(H2,18,21)/t11-/m1/s1. The molecule has 1 amide bonds. The molecule has 110 valence electrons. The Kier molecular flexibility index (Phi) is 3.73. The summed E-state index contributed by atoms with van der Waals surface area (Å²) < 4.78 is 13.8. The lowest BCUT2D eigenvalue weighted by atomic mass is 9.94. The Balaban J connectivity index is 1.93. The van der Waals surface area contributed by atoms with Crippen molar-refractivity contribution in [1.29, 1.82) is 0 Å². The molecule has 0 saturated carbocycles. The molecule has 0 radical (unpaired) electrons. The average molecular weight is 287 g/mol. The van der Waals surface area contributed by atoms with Crippen molar-refractivity contribution in [2.45, 2.75) is 19.3 Å². The van der Waals surface area contributed by atoms with Crippen LogP contribution in [0.2, 0.25) is 0 Å². The van der Waals surface area contributed by atoms with Crippen molar-refractivity contribution < 1.29 is 9.18 Å². The summed E-state index contributed by atoms with van der Waals surface area (Å²) in [5.41, 5.74) is 6.68. The number of para-hydroxylation sites is 1. The third-order valence-electron chi connectivity index (χ3n) is 4.05. The maximum absolute atomic E-state index is 13.8. The summed E-state index contributed by atoms with van der Waals surface area (Å²) in [6.45, 7) is 1.68. The van der Waals surface area contributed by atoms with Crippen LogP contribution in [0.15, 0.2) is 30.5 Å². The molecule has 0 aliphatic carbocycles. The van der Waals surface area contributed by atoms with Crippen LogP contribution in [0.1, 0.15) is 19.3 Å². The van der Waals surface area contributed by atoms with E-state index in [-0.39, 0.29) is 17.6 Å². The van der Waals surface area contributed by atoms with Crippen molar-refractivity contribution >= 4 is 22.5 Å². The summed E-state index contributed by atoms with van der Waals surface area (Å²) >= 11 is 0. The molecule has 1 fully saturated rings. The van der Waals surface area contributed by atoms with Crippen LogP contribution in [-0.2, 0) is 4.79 Å². The molecular formula is C16H18FN3O. The molecule has 1 aliphatic heterocycles. The number of carbonyl (C=O) groups is 1. The molecule has 4 nitrogen and oxygen atoms in total. The predicted octanol–water partition coefficient (Wildman–Crippen LogP) is 2.47. The fourth-order valence-corrected chi connectivity index (χ4v) is 3.14. The van der Waals surface area contributed by atoms with Gasteiger partial charge < -0.3 is 10.6 Å². The van der Waals surface area contributed by atoms with Gasteiger partial charge in [0.1, 0.15) is 11.3 Å². The smallest absolute Gasteiger partial charge is 0.217 e. The number of aromatic nitrogens is 1. The Labute approximate surface area is 122 Å². The molecule has 0 bridgehead atoms. The van der Waals surface area contributed by atoms with Gasteiger partial charge in [0.25, 0.3) is 0 Å². The topological polar surface area (TPSA) is 59.2 Å². The quantitative estimate of drug-likeness (QED) is 0.943. The van der Waals surface area contributed by atoms with Gasteiger partial charge >= 0.3 is 0 Å². The molecule has 2 heterocycles.